The Labute approximate surface area is 201 Å². The summed E-state index contributed by atoms with van der Waals surface area (Å²) in [7, 11) is -4.38. The molecule has 34 heavy (non-hydrogen) atoms. The van der Waals surface area contributed by atoms with Crippen molar-refractivity contribution in [3.63, 3.8) is 0 Å². The normalized spacial score (nSPS) is 12.0. The summed E-state index contributed by atoms with van der Waals surface area (Å²) in [5, 5.41) is 2.10. The van der Waals surface area contributed by atoms with Crippen molar-refractivity contribution >= 4 is 38.9 Å². The van der Waals surface area contributed by atoms with Crippen LogP contribution in [0.2, 0.25) is 5.02 Å². The molecule has 1 amide bonds. The fourth-order valence-corrected chi connectivity index (χ4v) is 5.01. The number of alkyl halides is 3. The Bertz CT molecular complexity index is 1280. The number of nitrogens with zero attached hydrogens (tertiary/aromatic N) is 1. The first-order valence-corrected chi connectivity index (χ1v) is 12.1. The summed E-state index contributed by atoms with van der Waals surface area (Å²) in [6, 6.07) is 16.9. The molecule has 0 bridgehead atoms. The average Bonchev–Trinajstić information content (AvgIpc) is 2.78. The van der Waals surface area contributed by atoms with E-state index in [0.29, 0.717) is 16.1 Å². The van der Waals surface area contributed by atoms with E-state index >= 15 is 0 Å². The van der Waals surface area contributed by atoms with Crippen LogP contribution in [0.15, 0.2) is 77.7 Å². The number of carbonyl (C=O) groups is 1. The van der Waals surface area contributed by atoms with E-state index in [1.54, 1.807) is 18.2 Å². The van der Waals surface area contributed by atoms with Crippen LogP contribution in [0, 0.1) is 0 Å². The molecule has 0 fully saturated rings. The van der Waals surface area contributed by atoms with Gasteiger partial charge in [0.1, 0.15) is 6.54 Å². The van der Waals surface area contributed by atoms with Gasteiger partial charge in [-0.25, -0.2) is 8.42 Å². The first-order chi connectivity index (χ1) is 15.9. The maximum absolute atomic E-state index is 13.5. The van der Waals surface area contributed by atoms with Gasteiger partial charge in [-0.15, -0.1) is 0 Å². The van der Waals surface area contributed by atoms with E-state index < -0.39 is 39.2 Å². The highest BCUT2D eigenvalue weighted by molar-refractivity contribution is 7.92. The lowest BCUT2D eigenvalue weighted by Gasteiger charge is -2.25. The summed E-state index contributed by atoms with van der Waals surface area (Å²) in [6.45, 7) is 3.12. The minimum absolute atomic E-state index is 0.0752. The molecular weight excluding hydrogens is 489 g/mol. The van der Waals surface area contributed by atoms with Crippen LogP contribution >= 0.6 is 11.6 Å². The Morgan fingerprint density at radius 3 is 2.24 bits per heavy atom. The minimum atomic E-state index is -4.81. The number of halogens is 4. The smallest absolute Gasteiger partial charge is 0.324 e. The summed E-state index contributed by atoms with van der Waals surface area (Å²) in [5.41, 5.74) is -0.218. The molecule has 0 aromatic heterocycles. The lowest BCUT2D eigenvalue weighted by molar-refractivity contribution is -0.137. The quantitative estimate of drug-likeness (QED) is 0.404. The van der Waals surface area contributed by atoms with Crippen LogP contribution in [-0.2, 0) is 21.0 Å². The van der Waals surface area contributed by atoms with Gasteiger partial charge in [-0.3, -0.25) is 9.10 Å². The molecule has 3 aromatic carbocycles. The van der Waals surface area contributed by atoms with E-state index in [-0.39, 0.29) is 16.5 Å². The number of anilines is 2. The van der Waals surface area contributed by atoms with Crippen molar-refractivity contribution in [3.05, 3.63) is 88.9 Å². The van der Waals surface area contributed by atoms with E-state index in [4.69, 9.17) is 11.6 Å². The van der Waals surface area contributed by atoms with Crippen molar-refractivity contribution < 1.29 is 26.4 Å². The third-order valence-corrected chi connectivity index (χ3v) is 7.14. The van der Waals surface area contributed by atoms with Crippen molar-refractivity contribution in [2.45, 2.75) is 30.8 Å². The van der Waals surface area contributed by atoms with Gasteiger partial charge in [0.05, 0.1) is 21.2 Å². The zero-order valence-corrected chi connectivity index (χ0v) is 19.9. The van der Waals surface area contributed by atoms with E-state index in [1.165, 1.54) is 24.3 Å². The Morgan fingerprint density at radius 2 is 1.62 bits per heavy atom. The van der Waals surface area contributed by atoms with Crippen molar-refractivity contribution in [2.24, 2.45) is 0 Å². The summed E-state index contributed by atoms with van der Waals surface area (Å²) in [6.07, 6.45) is -4.81. The molecule has 0 heterocycles. The van der Waals surface area contributed by atoms with E-state index in [9.17, 15) is 26.4 Å². The molecule has 0 aliphatic rings. The predicted octanol–water partition coefficient (Wildman–Crippen LogP) is 6.32. The topological polar surface area (TPSA) is 66.5 Å². The molecule has 3 aromatic rings. The average molecular weight is 511 g/mol. The van der Waals surface area contributed by atoms with Crippen molar-refractivity contribution in [2.75, 3.05) is 16.2 Å². The summed E-state index contributed by atoms with van der Waals surface area (Å²) >= 11 is 5.71. The molecule has 180 valence electrons. The summed E-state index contributed by atoms with van der Waals surface area (Å²) in [5.74, 6) is -0.637. The first-order valence-electron chi connectivity index (χ1n) is 10.2. The van der Waals surface area contributed by atoms with Crippen LogP contribution in [-0.4, -0.2) is 20.9 Å². The highest BCUT2D eigenvalue weighted by atomic mass is 35.5. The molecule has 5 nitrogen and oxygen atoms in total. The number of nitrogens with one attached hydrogen (secondary N) is 1. The van der Waals surface area contributed by atoms with Crippen LogP contribution in [0.1, 0.15) is 30.9 Å². The van der Waals surface area contributed by atoms with Gasteiger partial charge in [0.15, 0.2) is 0 Å². The third-order valence-electron chi connectivity index (χ3n) is 5.02. The lowest BCUT2D eigenvalue weighted by atomic mass is 10.0. The minimum Gasteiger partial charge on any atom is -0.324 e. The molecule has 0 atom stereocenters. The van der Waals surface area contributed by atoms with Crippen molar-refractivity contribution in [3.8, 4) is 0 Å². The first kappa shape index (κ1) is 25.6. The highest BCUT2D eigenvalue weighted by Gasteiger charge is 2.35. The van der Waals surface area contributed by atoms with Gasteiger partial charge in [0, 0.05) is 5.69 Å². The predicted molar refractivity (Wildman–Crippen MR) is 127 cm³/mol. The maximum atomic E-state index is 13.5. The highest BCUT2D eigenvalue weighted by Crippen LogP contribution is 2.38. The Balaban J connectivity index is 2.04. The molecule has 10 heteroatoms. The molecule has 0 saturated carbocycles. The molecule has 0 saturated heterocycles. The number of hydrogen-bond acceptors (Lipinski definition) is 3. The molecule has 0 aliphatic heterocycles. The largest absolute Gasteiger partial charge is 0.417 e. The molecular formula is C24H22ClF3N2O3S. The van der Waals surface area contributed by atoms with Crippen molar-refractivity contribution in [1.29, 1.82) is 0 Å². The van der Waals surface area contributed by atoms with E-state index in [0.717, 1.165) is 17.7 Å². The summed E-state index contributed by atoms with van der Waals surface area (Å²) in [4.78, 5) is 12.8. The van der Waals surface area contributed by atoms with Crippen molar-refractivity contribution in [1.82, 2.24) is 0 Å². The van der Waals surface area contributed by atoms with Gasteiger partial charge in [-0.1, -0.05) is 61.8 Å². The fraction of sp³-hybridized carbons (Fsp3) is 0.208. The van der Waals surface area contributed by atoms with Gasteiger partial charge in [0.25, 0.3) is 10.0 Å². The maximum Gasteiger partial charge on any atom is 0.417 e. The third kappa shape index (κ3) is 5.71. The SMILES string of the molecule is CC(C)c1ccccc1NC(=O)CN(c1ccc(Cl)c(C(F)(F)F)c1)S(=O)(=O)c1ccccc1. The zero-order valence-electron chi connectivity index (χ0n) is 18.3. The monoisotopic (exact) mass is 510 g/mol. The van der Waals surface area contributed by atoms with Crippen LogP contribution in [0.4, 0.5) is 24.5 Å². The van der Waals surface area contributed by atoms with Gasteiger partial charge in [-0.05, 0) is 47.9 Å². The van der Waals surface area contributed by atoms with Crippen LogP contribution in [0.3, 0.4) is 0 Å². The van der Waals surface area contributed by atoms with E-state index in [2.05, 4.69) is 5.32 Å². The van der Waals surface area contributed by atoms with Gasteiger partial charge >= 0.3 is 6.18 Å². The Hall–Kier alpha value is -3.04. The Kier molecular flexibility index (Phi) is 7.57. The lowest BCUT2D eigenvalue weighted by Crippen LogP contribution is -2.38. The number of rotatable bonds is 7. The summed E-state index contributed by atoms with van der Waals surface area (Å²) < 4.78 is 67.7. The molecule has 0 radical (unpaired) electrons. The molecule has 0 aliphatic carbocycles. The molecule has 0 unspecified atom stereocenters. The second kappa shape index (κ2) is 10.1. The molecule has 3 rings (SSSR count). The number of sulfonamides is 1. The standard InChI is InChI=1S/C24H22ClF3N2O3S/c1-16(2)19-10-6-7-11-22(19)29-23(31)15-30(34(32,33)18-8-4-3-5-9-18)17-12-13-21(25)20(14-17)24(26,27)28/h3-14,16H,15H2,1-2H3,(H,29,31). The number of hydrogen-bond donors (Lipinski definition) is 1. The van der Waals surface area contributed by atoms with Gasteiger partial charge in [0.2, 0.25) is 5.91 Å². The molecule has 1 N–H and O–H groups in total. The molecule has 0 spiro atoms. The number of para-hydroxylation sites is 1. The number of carbonyl (C=O) groups excluding carboxylic acids is 1. The Morgan fingerprint density at radius 1 is 1.00 bits per heavy atom. The van der Waals surface area contributed by atoms with Crippen LogP contribution in [0.5, 0.6) is 0 Å². The van der Waals surface area contributed by atoms with Crippen LogP contribution < -0.4 is 9.62 Å². The van der Waals surface area contributed by atoms with Crippen LogP contribution in [0.25, 0.3) is 0 Å². The second-order valence-corrected chi connectivity index (χ2v) is 10.0. The van der Waals surface area contributed by atoms with Gasteiger partial charge in [-0.2, -0.15) is 13.2 Å². The number of benzene rings is 3. The second-order valence-electron chi connectivity index (χ2n) is 7.78. The zero-order chi connectivity index (χ0) is 25.1. The van der Waals surface area contributed by atoms with E-state index in [1.807, 2.05) is 26.0 Å². The van der Waals surface area contributed by atoms with Gasteiger partial charge < -0.3 is 5.32 Å². The number of amides is 1. The fourth-order valence-electron chi connectivity index (χ4n) is 3.35.